The Morgan fingerprint density at radius 1 is 0.957 bits per heavy atom. The molecule has 132 valence electrons. The second kappa shape index (κ2) is 7.83. The van der Waals surface area contributed by atoms with Crippen molar-refractivity contribution in [1.29, 1.82) is 0 Å². The molecule has 0 radical (unpaired) electrons. The predicted octanol–water partition coefficient (Wildman–Crippen LogP) is 5.06. The summed E-state index contributed by atoms with van der Waals surface area (Å²) in [6, 6.07) is 0. The number of aliphatic hydroxyl groups is 1. The quantitative estimate of drug-likeness (QED) is 0.581. The van der Waals surface area contributed by atoms with Crippen LogP contribution in [0.2, 0.25) is 0 Å². The van der Waals surface area contributed by atoms with Crippen molar-refractivity contribution in [2.24, 2.45) is 23.2 Å². The maximum Gasteiger partial charge on any atom is 0.162 e. The normalized spacial score (nSPS) is 33.5. The number of allylic oxidation sites excluding steroid dienone is 2. The predicted molar refractivity (Wildman–Crippen MR) is 93.4 cm³/mol. The van der Waals surface area contributed by atoms with Crippen molar-refractivity contribution in [2.75, 3.05) is 7.11 Å². The number of hydrogen-bond acceptors (Lipinski definition) is 3. The number of rotatable bonds is 4. The molecule has 23 heavy (non-hydrogen) atoms. The Labute approximate surface area is 141 Å². The van der Waals surface area contributed by atoms with E-state index < -0.39 is 0 Å². The van der Waals surface area contributed by atoms with E-state index in [9.17, 15) is 9.90 Å². The molecule has 0 spiro atoms. The number of carbonyl (C=O) groups is 1. The van der Waals surface area contributed by atoms with Crippen LogP contribution in [0.25, 0.3) is 0 Å². The average Bonchev–Trinajstić information content (AvgIpc) is 2.54. The van der Waals surface area contributed by atoms with E-state index in [4.69, 9.17) is 4.74 Å². The summed E-state index contributed by atoms with van der Waals surface area (Å²) in [5, 5.41) is 10.3. The molecule has 2 fully saturated rings. The van der Waals surface area contributed by atoms with E-state index >= 15 is 0 Å². The summed E-state index contributed by atoms with van der Waals surface area (Å²) in [4.78, 5) is 12.5. The molecule has 0 aromatic carbocycles. The molecule has 3 nitrogen and oxygen atoms in total. The Morgan fingerprint density at radius 2 is 1.48 bits per heavy atom. The lowest BCUT2D eigenvalue weighted by Crippen LogP contribution is -2.28. The zero-order valence-electron chi connectivity index (χ0n) is 15.3. The van der Waals surface area contributed by atoms with Crippen LogP contribution in [0, 0.1) is 23.2 Å². The van der Waals surface area contributed by atoms with Crippen molar-refractivity contribution in [2.45, 2.75) is 78.2 Å². The summed E-state index contributed by atoms with van der Waals surface area (Å²) in [5.74, 6) is 1.43. The van der Waals surface area contributed by atoms with E-state index in [1.807, 2.05) is 0 Å². The van der Waals surface area contributed by atoms with Gasteiger partial charge in [0.05, 0.1) is 11.9 Å². The van der Waals surface area contributed by atoms with Crippen LogP contribution in [-0.4, -0.2) is 24.1 Å². The van der Waals surface area contributed by atoms with E-state index in [1.54, 1.807) is 13.2 Å². The van der Waals surface area contributed by atoms with Crippen molar-refractivity contribution in [3.8, 4) is 0 Å². The Bertz CT molecular complexity index is 417. The lowest BCUT2D eigenvalue weighted by Gasteiger charge is -2.36. The molecule has 2 aliphatic carbocycles. The van der Waals surface area contributed by atoms with Gasteiger partial charge >= 0.3 is 0 Å². The molecule has 0 aromatic rings. The van der Waals surface area contributed by atoms with E-state index in [0.717, 1.165) is 51.4 Å². The molecule has 0 unspecified atom stereocenters. The highest BCUT2D eigenvalue weighted by atomic mass is 16.5. The topological polar surface area (TPSA) is 46.5 Å². The molecule has 3 heteroatoms. The lowest BCUT2D eigenvalue weighted by molar-refractivity contribution is -0.119. The molecule has 0 saturated heterocycles. The van der Waals surface area contributed by atoms with Gasteiger partial charge in [0.15, 0.2) is 5.78 Å². The maximum atomic E-state index is 12.5. The van der Waals surface area contributed by atoms with E-state index in [-0.39, 0.29) is 17.6 Å². The highest BCUT2D eigenvalue weighted by molar-refractivity contribution is 5.92. The van der Waals surface area contributed by atoms with Gasteiger partial charge in [-0.3, -0.25) is 4.79 Å². The first-order valence-corrected chi connectivity index (χ1v) is 9.28. The smallest absolute Gasteiger partial charge is 0.162 e. The number of aliphatic hydroxyl groups excluding tert-OH is 1. The Kier molecular flexibility index (Phi) is 6.30. The monoisotopic (exact) mass is 322 g/mol. The number of ketones is 1. The second-order valence-electron chi connectivity index (χ2n) is 8.60. The zero-order chi connectivity index (χ0) is 17.0. The van der Waals surface area contributed by atoms with Crippen LogP contribution in [0.15, 0.2) is 11.8 Å². The van der Waals surface area contributed by atoms with Gasteiger partial charge < -0.3 is 9.84 Å². The Balaban J connectivity index is 1.84. The van der Waals surface area contributed by atoms with E-state index in [0.29, 0.717) is 23.2 Å². The summed E-state index contributed by atoms with van der Waals surface area (Å²) < 4.78 is 5.36. The van der Waals surface area contributed by atoms with Crippen LogP contribution < -0.4 is 0 Å². The molecule has 0 bridgehead atoms. The van der Waals surface area contributed by atoms with Gasteiger partial charge in [0, 0.05) is 25.0 Å². The minimum Gasteiger partial charge on any atom is -0.512 e. The van der Waals surface area contributed by atoms with Gasteiger partial charge in [-0.1, -0.05) is 20.8 Å². The number of carbonyl (C=O) groups excluding carboxylic acids is 1. The maximum absolute atomic E-state index is 12.5. The van der Waals surface area contributed by atoms with Crippen LogP contribution in [0.4, 0.5) is 0 Å². The van der Waals surface area contributed by atoms with Gasteiger partial charge in [-0.2, -0.15) is 0 Å². The SMILES string of the molecule is COC1CCC(/C(O)=C/C(=O)C2CCC(C(C)(C)C)CC2)CC1. The molecular formula is C20H34O3. The van der Waals surface area contributed by atoms with Gasteiger partial charge in [0.25, 0.3) is 0 Å². The first kappa shape index (κ1) is 18.5. The minimum absolute atomic E-state index is 0.117. The van der Waals surface area contributed by atoms with Crippen molar-refractivity contribution in [3.05, 3.63) is 11.8 Å². The van der Waals surface area contributed by atoms with Gasteiger partial charge in [0.2, 0.25) is 0 Å². The van der Waals surface area contributed by atoms with Gasteiger partial charge in [-0.05, 0) is 62.7 Å². The summed E-state index contributed by atoms with van der Waals surface area (Å²) >= 11 is 0. The molecule has 1 N–H and O–H groups in total. The fraction of sp³-hybridized carbons (Fsp3) is 0.850. The van der Waals surface area contributed by atoms with E-state index in [1.165, 1.54) is 0 Å². The van der Waals surface area contributed by atoms with E-state index in [2.05, 4.69) is 20.8 Å². The van der Waals surface area contributed by atoms with Gasteiger partial charge in [0.1, 0.15) is 0 Å². The number of hydrogen-bond donors (Lipinski definition) is 1. The highest BCUT2D eigenvalue weighted by Gasteiger charge is 2.32. The lowest BCUT2D eigenvalue weighted by atomic mass is 9.69. The molecule has 0 heterocycles. The summed E-state index contributed by atoms with van der Waals surface area (Å²) in [6.45, 7) is 6.88. The minimum atomic E-state index is 0.117. The Morgan fingerprint density at radius 3 is 1.96 bits per heavy atom. The summed E-state index contributed by atoms with van der Waals surface area (Å²) in [6.07, 6.45) is 9.87. The van der Waals surface area contributed by atoms with Crippen molar-refractivity contribution in [1.82, 2.24) is 0 Å². The fourth-order valence-corrected chi connectivity index (χ4v) is 4.22. The molecular weight excluding hydrogens is 288 g/mol. The first-order chi connectivity index (χ1) is 10.8. The highest BCUT2D eigenvalue weighted by Crippen LogP contribution is 2.40. The number of methoxy groups -OCH3 is 1. The summed E-state index contributed by atoms with van der Waals surface area (Å²) in [7, 11) is 1.75. The second-order valence-corrected chi connectivity index (χ2v) is 8.60. The molecule has 0 aromatic heterocycles. The molecule has 0 atom stereocenters. The Hall–Kier alpha value is -0.830. The van der Waals surface area contributed by atoms with Crippen LogP contribution in [0.5, 0.6) is 0 Å². The van der Waals surface area contributed by atoms with Gasteiger partial charge in [-0.15, -0.1) is 0 Å². The van der Waals surface area contributed by atoms with Crippen molar-refractivity contribution < 1.29 is 14.6 Å². The third-order valence-electron chi connectivity index (χ3n) is 6.07. The standard InChI is InChI=1S/C20H34O3/c1-20(2,3)16-9-5-14(6-10-16)18(21)13-19(22)15-7-11-17(23-4)12-8-15/h13-17,22H,5-12H2,1-4H3/b19-13-. The zero-order valence-corrected chi connectivity index (χ0v) is 15.3. The molecule has 2 aliphatic rings. The van der Waals surface area contributed by atoms with Crippen LogP contribution in [0.1, 0.15) is 72.1 Å². The van der Waals surface area contributed by atoms with Crippen molar-refractivity contribution in [3.63, 3.8) is 0 Å². The average molecular weight is 322 g/mol. The molecule has 2 rings (SSSR count). The molecule has 0 aliphatic heterocycles. The fourth-order valence-electron chi connectivity index (χ4n) is 4.22. The molecule has 2 saturated carbocycles. The third-order valence-corrected chi connectivity index (χ3v) is 6.07. The van der Waals surface area contributed by atoms with Gasteiger partial charge in [-0.25, -0.2) is 0 Å². The largest absolute Gasteiger partial charge is 0.512 e. The third kappa shape index (κ3) is 5.07. The van der Waals surface area contributed by atoms with Crippen molar-refractivity contribution >= 4 is 5.78 Å². The first-order valence-electron chi connectivity index (χ1n) is 9.28. The van der Waals surface area contributed by atoms with Crippen LogP contribution in [0.3, 0.4) is 0 Å². The molecule has 0 amide bonds. The number of ether oxygens (including phenoxy) is 1. The van der Waals surface area contributed by atoms with Crippen LogP contribution >= 0.6 is 0 Å². The van der Waals surface area contributed by atoms with Crippen LogP contribution in [-0.2, 0) is 9.53 Å². The summed E-state index contributed by atoms with van der Waals surface area (Å²) in [5.41, 5.74) is 0.339.